The van der Waals surface area contributed by atoms with Crippen LogP contribution in [0.3, 0.4) is 0 Å². The average Bonchev–Trinajstić information content (AvgIpc) is 3.03. The number of hydrogen-bond acceptors (Lipinski definition) is 2. The second-order valence-electron chi connectivity index (χ2n) is 4.40. The maximum Gasteiger partial charge on any atom is 0.240 e. The first-order valence-corrected chi connectivity index (χ1v) is 6.32. The average molecular weight is 301 g/mol. The van der Waals surface area contributed by atoms with Gasteiger partial charge in [-0.2, -0.15) is 0 Å². The Morgan fingerprint density at radius 3 is 2.88 bits per heavy atom. The maximum absolute atomic E-state index is 13.4. The van der Waals surface area contributed by atoms with Crippen LogP contribution < -0.4 is 11.1 Å². The van der Waals surface area contributed by atoms with Crippen molar-refractivity contribution in [3.63, 3.8) is 0 Å². The molecular formula is C12H14BrFN2O. The first kappa shape index (κ1) is 12.5. The quantitative estimate of drug-likeness (QED) is 0.890. The van der Waals surface area contributed by atoms with Crippen LogP contribution in [0.1, 0.15) is 18.4 Å². The molecular weight excluding hydrogens is 287 g/mol. The SMILES string of the molecule is NC1(C(=O)NCCc2cc(Br)ccc2F)CC1. The monoisotopic (exact) mass is 300 g/mol. The summed E-state index contributed by atoms with van der Waals surface area (Å²) in [7, 11) is 0. The molecule has 92 valence electrons. The lowest BCUT2D eigenvalue weighted by molar-refractivity contribution is -0.123. The number of rotatable bonds is 4. The molecule has 1 amide bonds. The Bertz CT molecular complexity index is 446. The van der Waals surface area contributed by atoms with E-state index in [-0.39, 0.29) is 11.7 Å². The van der Waals surface area contributed by atoms with Crippen LogP contribution in [0.4, 0.5) is 4.39 Å². The Labute approximate surface area is 108 Å². The summed E-state index contributed by atoms with van der Waals surface area (Å²) < 4.78 is 14.2. The minimum absolute atomic E-state index is 0.132. The standard InChI is InChI=1S/C12H14BrFN2O/c13-9-1-2-10(14)8(7-9)3-6-16-11(17)12(15)4-5-12/h1-2,7H,3-6,15H2,(H,16,17). The molecule has 0 atom stereocenters. The van der Waals surface area contributed by atoms with Gasteiger partial charge in [-0.15, -0.1) is 0 Å². The van der Waals surface area contributed by atoms with Crippen molar-refractivity contribution in [1.82, 2.24) is 5.32 Å². The maximum atomic E-state index is 13.4. The fraction of sp³-hybridized carbons (Fsp3) is 0.417. The number of halogens is 2. The number of nitrogens with one attached hydrogen (secondary N) is 1. The predicted molar refractivity (Wildman–Crippen MR) is 67.0 cm³/mol. The summed E-state index contributed by atoms with van der Waals surface area (Å²) >= 11 is 3.28. The molecule has 0 saturated heterocycles. The molecule has 3 nitrogen and oxygen atoms in total. The second kappa shape index (κ2) is 4.74. The number of carbonyl (C=O) groups is 1. The van der Waals surface area contributed by atoms with Crippen molar-refractivity contribution < 1.29 is 9.18 Å². The molecule has 0 radical (unpaired) electrons. The predicted octanol–water partition coefficient (Wildman–Crippen LogP) is 1.74. The summed E-state index contributed by atoms with van der Waals surface area (Å²) in [6.45, 7) is 0.408. The number of amides is 1. The molecule has 0 spiro atoms. The first-order chi connectivity index (χ1) is 8.01. The van der Waals surface area contributed by atoms with E-state index in [0.29, 0.717) is 18.5 Å². The van der Waals surface area contributed by atoms with Crippen LogP contribution in [0.15, 0.2) is 22.7 Å². The molecule has 17 heavy (non-hydrogen) atoms. The second-order valence-corrected chi connectivity index (χ2v) is 5.31. The molecule has 0 aliphatic heterocycles. The fourth-order valence-corrected chi connectivity index (χ4v) is 1.99. The molecule has 1 aromatic carbocycles. The largest absolute Gasteiger partial charge is 0.354 e. The minimum Gasteiger partial charge on any atom is -0.354 e. The van der Waals surface area contributed by atoms with E-state index in [1.807, 2.05) is 0 Å². The van der Waals surface area contributed by atoms with Crippen LogP contribution in [-0.2, 0) is 11.2 Å². The fourth-order valence-electron chi connectivity index (χ4n) is 1.58. The van der Waals surface area contributed by atoms with Crippen LogP contribution in [0.25, 0.3) is 0 Å². The van der Waals surface area contributed by atoms with E-state index < -0.39 is 5.54 Å². The third-order valence-electron chi connectivity index (χ3n) is 2.93. The van der Waals surface area contributed by atoms with Crippen LogP contribution in [0.5, 0.6) is 0 Å². The molecule has 1 aliphatic carbocycles. The Hall–Kier alpha value is -0.940. The molecule has 0 unspecified atom stereocenters. The van der Waals surface area contributed by atoms with Crippen LogP contribution >= 0.6 is 15.9 Å². The summed E-state index contributed by atoms with van der Waals surface area (Å²) in [5, 5.41) is 2.73. The van der Waals surface area contributed by atoms with E-state index in [9.17, 15) is 9.18 Å². The summed E-state index contributed by atoms with van der Waals surface area (Å²) in [6.07, 6.45) is 1.95. The van der Waals surface area contributed by atoms with Crippen molar-refractivity contribution in [3.8, 4) is 0 Å². The zero-order valence-corrected chi connectivity index (χ0v) is 10.9. The molecule has 0 aromatic heterocycles. The normalized spacial score (nSPS) is 16.6. The zero-order chi connectivity index (χ0) is 12.5. The van der Waals surface area contributed by atoms with Crippen molar-refractivity contribution in [3.05, 3.63) is 34.1 Å². The summed E-state index contributed by atoms with van der Waals surface area (Å²) in [4.78, 5) is 11.5. The van der Waals surface area contributed by atoms with Gasteiger partial charge in [0.25, 0.3) is 0 Å². The Balaban J connectivity index is 1.85. The molecule has 1 aliphatic rings. The van der Waals surface area contributed by atoms with E-state index in [1.165, 1.54) is 6.07 Å². The van der Waals surface area contributed by atoms with E-state index in [2.05, 4.69) is 21.2 Å². The summed E-state index contributed by atoms with van der Waals surface area (Å²) in [5.74, 6) is -0.385. The van der Waals surface area contributed by atoms with Gasteiger partial charge in [0.1, 0.15) is 5.82 Å². The van der Waals surface area contributed by atoms with Gasteiger partial charge in [-0.3, -0.25) is 4.79 Å². The van der Waals surface area contributed by atoms with Crippen molar-refractivity contribution in [2.75, 3.05) is 6.54 Å². The van der Waals surface area contributed by atoms with Crippen LogP contribution in [0.2, 0.25) is 0 Å². The van der Waals surface area contributed by atoms with E-state index in [0.717, 1.165) is 17.3 Å². The molecule has 0 heterocycles. The summed E-state index contributed by atoms with van der Waals surface area (Å²) in [6, 6.07) is 4.78. The van der Waals surface area contributed by atoms with E-state index in [4.69, 9.17) is 5.73 Å². The van der Waals surface area contributed by atoms with E-state index >= 15 is 0 Å². The Morgan fingerprint density at radius 1 is 1.53 bits per heavy atom. The smallest absolute Gasteiger partial charge is 0.240 e. The Morgan fingerprint density at radius 2 is 2.24 bits per heavy atom. The van der Waals surface area contributed by atoms with Crippen molar-refractivity contribution in [1.29, 1.82) is 0 Å². The first-order valence-electron chi connectivity index (χ1n) is 5.52. The molecule has 1 aromatic rings. The van der Waals surface area contributed by atoms with Gasteiger partial charge in [-0.25, -0.2) is 4.39 Å². The van der Waals surface area contributed by atoms with E-state index in [1.54, 1.807) is 12.1 Å². The van der Waals surface area contributed by atoms with Gasteiger partial charge in [0.2, 0.25) is 5.91 Å². The lowest BCUT2D eigenvalue weighted by atomic mass is 10.1. The minimum atomic E-state index is -0.657. The Kier molecular flexibility index (Phi) is 3.49. The van der Waals surface area contributed by atoms with Crippen molar-refractivity contribution >= 4 is 21.8 Å². The molecule has 2 rings (SSSR count). The van der Waals surface area contributed by atoms with Crippen molar-refractivity contribution in [2.24, 2.45) is 5.73 Å². The van der Waals surface area contributed by atoms with Crippen LogP contribution in [-0.4, -0.2) is 18.0 Å². The molecule has 1 saturated carbocycles. The number of carbonyl (C=O) groups excluding carboxylic acids is 1. The van der Waals surface area contributed by atoms with Crippen LogP contribution in [0, 0.1) is 5.82 Å². The topological polar surface area (TPSA) is 55.1 Å². The molecule has 3 N–H and O–H groups in total. The number of hydrogen-bond donors (Lipinski definition) is 2. The third-order valence-corrected chi connectivity index (χ3v) is 3.42. The number of nitrogens with two attached hydrogens (primary N) is 1. The van der Waals surface area contributed by atoms with Gasteiger partial charge in [0, 0.05) is 11.0 Å². The zero-order valence-electron chi connectivity index (χ0n) is 9.30. The summed E-state index contributed by atoms with van der Waals surface area (Å²) in [5.41, 5.74) is 5.66. The molecule has 0 bridgehead atoms. The van der Waals surface area contributed by atoms with Crippen molar-refractivity contribution in [2.45, 2.75) is 24.8 Å². The van der Waals surface area contributed by atoms with Gasteiger partial charge >= 0.3 is 0 Å². The third kappa shape index (κ3) is 3.04. The van der Waals surface area contributed by atoms with Gasteiger partial charge in [-0.05, 0) is 43.0 Å². The molecule has 1 fully saturated rings. The highest BCUT2D eigenvalue weighted by molar-refractivity contribution is 9.10. The van der Waals surface area contributed by atoms with Gasteiger partial charge < -0.3 is 11.1 Å². The highest BCUT2D eigenvalue weighted by atomic mass is 79.9. The lowest BCUT2D eigenvalue weighted by Crippen LogP contribution is -2.43. The highest BCUT2D eigenvalue weighted by Gasteiger charge is 2.45. The molecule has 5 heteroatoms. The lowest BCUT2D eigenvalue weighted by Gasteiger charge is -2.10. The number of benzene rings is 1. The highest BCUT2D eigenvalue weighted by Crippen LogP contribution is 2.32. The van der Waals surface area contributed by atoms with Gasteiger partial charge in [0.05, 0.1) is 5.54 Å². The van der Waals surface area contributed by atoms with Gasteiger partial charge in [0.15, 0.2) is 0 Å². The van der Waals surface area contributed by atoms with Gasteiger partial charge in [-0.1, -0.05) is 15.9 Å².